The van der Waals surface area contributed by atoms with Gasteiger partial charge < -0.3 is 59.8 Å². The molecule has 2 aliphatic rings. The number of unbranched alkanes of at least 4 members (excludes halogenated alkanes) is 1. The quantitative estimate of drug-likeness (QED) is 0.168. The van der Waals surface area contributed by atoms with E-state index in [9.17, 15) is 30.6 Å². The van der Waals surface area contributed by atoms with Gasteiger partial charge in [0, 0.05) is 13.2 Å². The van der Waals surface area contributed by atoms with Crippen molar-refractivity contribution < 1.29 is 59.8 Å². The lowest BCUT2D eigenvalue weighted by Gasteiger charge is -2.39. The highest BCUT2D eigenvalue weighted by molar-refractivity contribution is 4.89. The van der Waals surface area contributed by atoms with Gasteiger partial charge in [-0.3, -0.25) is 0 Å². The van der Waals surface area contributed by atoms with E-state index < -0.39 is 74.6 Å². The number of ether oxygens (including phenoxy) is 4. The maximum Gasteiger partial charge on any atom is 0.186 e. The third kappa shape index (κ3) is 5.56. The van der Waals surface area contributed by atoms with Crippen LogP contribution in [0.3, 0.4) is 0 Å². The monoisotopic (exact) mass is 414 g/mol. The van der Waals surface area contributed by atoms with Gasteiger partial charge in [-0.15, -0.1) is 0 Å². The molecule has 12 heteroatoms. The Morgan fingerprint density at radius 2 is 0.893 bits per heavy atom. The van der Waals surface area contributed by atoms with E-state index in [2.05, 4.69) is 0 Å². The van der Waals surface area contributed by atoms with Crippen LogP contribution < -0.4 is 0 Å². The molecule has 0 saturated carbocycles. The molecule has 2 saturated heterocycles. The van der Waals surface area contributed by atoms with Gasteiger partial charge in [-0.25, -0.2) is 0 Å². The van der Waals surface area contributed by atoms with Gasteiger partial charge in [0.2, 0.25) is 0 Å². The van der Waals surface area contributed by atoms with Crippen LogP contribution in [-0.4, -0.2) is 129 Å². The van der Waals surface area contributed by atoms with E-state index in [-0.39, 0.29) is 13.2 Å². The fraction of sp³-hybridized carbons (Fsp3) is 1.00. The second kappa shape index (κ2) is 11.1. The Morgan fingerprint density at radius 3 is 1.21 bits per heavy atom. The van der Waals surface area contributed by atoms with E-state index in [4.69, 9.17) is 29.2 Å². The van der Waals surface area contributed by atoms with Crippen molar-refractivity contribution in [2.24, 2.45) is 0 Å². The van der Waals surface area contributed by atoms with Gasteiger partial charge in [0.15, 0.2) is 12.6 Å². The highest BCUT2D eigenvalue weighted by Gasteiger charge is 2.45. The summed E-state index contributed by atoms with van der Waals surface area (Å²) in [5.41, 5.74) is 0. The first-order chi connectivity index (χ1) is 13.3. The lowest BCUT2D eigenvalue weighted by Crippen LogP contribution is -2.59. The third-order valence-corrected chi connectivity index (χ3v) is 4.80. The largest absolute Gasteiger partial charge is 0.394 e. The molecule has 0 aromatic heterocycles. The number of hydrogen-bond acceptors (Lipinski definition) is 12. The maximum absolute atomic E-state index is 9.84. The van der Waals surface area contributed by atoms with Crippen LogP contribution in [0.1, 0.15) is 12.8 Å². The lowest BCUT2D eigenvalue weighted by molar-refractivity contribution is -0.304. The zero-order valence-electron chi connectivity index (χ0n) is 15.2. The van der Waals surface area contributed by atoms with Gasteiger partial charge in [-0.05, 0) is 12.8 Å². The molecule has 8 N–H and O–H groups in total. The molecule has 0 aliphatic carbocycles. The molecule has 0 bridgehead atoms. The van der Waals surface area contributed by atoms with Crippen LogP contribution in [-0.2, 0) is 18.9 Å². The summed E-state index contributed by atoms with van der Waals surface area (Å²) < 4.78 is 21.1. The zero-order valence-corrected chi connectivity index (χ0v) is 15.2. The van der Waals surface area contributed by atoms with Gasteiger partial charge >= 0.3 is 0 Å². The Kier molecular flexibility index (Phi) is 9.40. The van der Waals surface area contributed by atoms with Crippen LogP contribution in [0, 0.1) is 0 Å². The molecule has 2 rings (SSSR count). The third-order valence-electron chi connectivity index (χ3n) is 4.80. The lowest BCUT2D eigenvalue weighted by atomic mass is 9.99. The number of aliphatic hydroxyl groups is 8. The van der Waals surface area contributed by atoms with E-state index in [1.165, 1.54) is 0 Å². The predicted octanol–water partition coefficient (Wildman–Crippen LogP) is -4.60. The molecule has 166 valence electrons. The summed E-state index contributed by atoms with van der Waals surface area (Å²) in [4.78, 5) is 0. The Hall–Kier alpha value is -0.480. The second-order valence-corrected chi connectivity index (χ2v) is 6.84. The average Bonchev–Trinajstić information content (AvgIpc) is 2.70. The second-order valence-electron chi connectivity index (χ2n) is 6.84. The average molecular weight is 414 g/mol. The summed E-state index contributed by atoms with van der Waals surface area (Å²) >= 11 is 0. The van der Waals surface area contributed by atoms with E-state index in [0.29, 0.717) is 12.8 Å². The van der Waals surface area contributed by atoms with Crippen molar-refractivity contribution in [3.8, 4) is 0 Å². The highest BCUT2D eigenvalue weighted by Crippen LogP contribution is 2.23. The van der Waals surface area contributed by atoms with Gasteiger partial charge in [-0.2, -0.15) is 0 Å². The minimum atomic E-state index is -1.51. The summed E-state index contributed by atoms with van der Waals surface area (Å²) in [6.45, 7) is -0.864. The molecular weight excluding hydrogens is 384 g/mol. The fourth-order valence-corrected chi connectivity index (χ4v) is 3.01. The molecule has 28 heavy (non-hydrogen) atoms. The van der Waals surface area contributed by atoms with E-state index >= 15 is 0 Å². The standard InChI is InChI=1S/C16H30O12/c17-5-7-9(19)11(21)13(23)15(27-7)25-3-1-2-4-26-16-14(24)12(22)10(20)8(6-18)28-16/h7-24H,1-6H2/t7-,8-,9-,10-,11+,12+,13+,14+,15+,16+/m1/s1. The molecule has 2 heterocycles. The molecule has 2 fully saturated rings. The van der Waals surface area contributed by atoms with Crippen LogP contribution in [0.25, 0.3) is 0 Å². The van der Waals surface area contributed by atoms with Gasteiger partial charge in [-0.1, -0.05) is 0 Å². The number of aliphatic hydroxyl groups excluding tert-OH is 8. The van der Waals surface area contributed by atoms with Crippen LogP contribution in [0.5, 0.6) is 0 Å². The summed E-state index contributed by atoms with van der Waals surface area (Å²) in [6.07, 6.45) is -12.5. The Bertz CT molecular complexity index is 409. The Balaban J connectivity index is 1.66. The molecule has 12 nitrogen and oxygen atoms in total. The normalized spacial score (nSPS) is 44.6. The highest BCUT2D eigenvalue weighted by atomic mass is 16.7. The van der Waals surface area contributed by atoms with Gasteiger partial charge in [0.1, 0.15) is 48.8 Å². The van der Waals surface area contributed by atoms with Crippen LogP contribution in [0.4, 0.5) is 0 Å². The predicted molar refractivity (Wildman–Crippen MR) is 88.7 cm³/mol. The molecule has 0 unspecified atom stereocenters. The molecule has 0 aromatic rings. The van der Waals surface area contributed by atoms with Gasteiger partial charge in [0.05, 0.1) is 13.2 Å². The first kappa shape index (κ1) is 23.8. The topological polar surface area (TPSA) is 199 Å². The maximum atomic E-state index is 9.84. The van der Waals surface area contributed by atoms with Crippen molar-refractivity contribution in [3.05, 3.63) is 0 Å². The first-order valence-electron chi connectivity index (χ1n) is 9.16. The summed E-state index contributed by atoms with van der Waals surface area (Å²) in [5.74, 6) is 0. The molecule has 10 atom stereocenters. The van der Waals surface area contributed by atoms with Crippen molar-refractivity contribution in [3.63, 3.8) is 0 Å². The van der Waals surface area contributed by atoms with Crippen LogP contribution in [0.2, 0.25) is 0 Å². The SMILES string of the molecule is OC[C@H]1O[C@H](OCCCCO[C@H]2O[C@H](CO)[C@@H](O)[C@H](O)[C@@H]2O)[C@@H](O)[C@@H](O)[C@@H]1O. The smallest absolute Gasteiger partial charge is 0.186 e. The van der Waals surface area contributed by atoms with Crippen molar-refractivity contribution in [2.45, 2.75) is 74.3 Å². The van der Waals surface area contributed by atoms with Gasteiger partial charge in [0.25, 0.3) is 0 Å². The first-order valence-corrected chi connectivity index (χ1v) is 9.16. The minimum Gasteiger partial charge on any atom is -0.394 e. The summed E-state index contributed by atoms with van der Waals surface area (Å²) in [6, 6.07) is 0. The zero-order chi connectivity index (χ0) is 20.8. The molecule has 0 amide bonds. The van der Waals surface area contributed by atoms with Crippen molar-refractivity contribution in [2.75, 3.05) is 26.4 Å². The molecule has 2 aliphatic heterocycles. The number of hydrogen-bond donors (Lipinski definition) is 8. The van der Waals surface area contributed by atoms with E-state index in [0.717, 1.165) is 0 Å². The van der Waals surface area contributed by atoms with Crippen LogP contribution in [0.15, 0.2) is 0 Å². The minimum absolute atomic E-state index is 0.112. The van der Waals surface area contributed by atoms with E-state index in [1.807, 2.05) is 0 Å². The fourth-order valence-electron chi connectivity index (χ4n) is 3.01. The Morgan fingerprint density at radius 1 is 0.536 bits per heavy atom. The summed E-state index contributed by atoms with van der Waals surface area (Å²) in [5, 5.41) is 76.6. The Labute approximate surface area is 161 Å². The van der Waals surface area contributed by atoms with Crippen molar-refractivity contribution >= 4 is 0 Å². The molecule has 0 radical (unpaired) electrons. The molecular formula is C16H30O12. The number of rotatable bonds is 9. The van der Waals surface area contributed by atoms with E-state index in [1.54, 1.807) is 0 Å². The van der Waals surface area contributed by atoms with Crippen molar-refractivity contribution in [1.29, 1.82) is 0 Å². The summed E-state index contributed by atoms with van der Waals surface area (Å²) in [7, 11) is 0. The van der Waals surface area contributed by atoms with Crippen molar-refractivity contribution in [1.82, 2.24) is 0 Å². The molecule has 0 aromatic carbocycles. The molecule has 0 spiro atoms. The van der Waals surface area contributed by atoms with Crippen LogP contribution >= 0.6 is 0 Å².